The number of hydrogen-bond donors (Lipinski definition) is 0. The predicted octanol–water partition coefficient (Wildman–Crippen LogP) is 6.68. The van der Waals surface area contributed by atoms with Crippen molar-refractivity contribution in [1.82, 2.24) is 0 Å². The van der Waals surface area contributed by atoms with Crippen LogP contribution in [-0.4, -0.2) is 45.9 Å². The quantitative estimate of drug-likeness (QED) is 0.258. The number of ether oxygens (including phenoxy) is 2. The zero-order valence-corrected chi connectivity index (χ0v) is 20.3. The standard InChI is InChI=1S/C23H19F9O5S/c1-35-15-8-6-13(7-9-15)17-5-3-4-14-12-16(36-2)10-11-18(14)19(17)37-38(33,34)23(31,32)21(26,27)20(24,25)22(28,29)30/h6-12H,3-5H2,1-2H3. The normalized spacial score (nSPS) is 15.6. The molecule has 0 saturated carbocycles. The Morgan fingerprint density at radius 1 is 0.737 bits per heavy atom. The lowest BCUT2D eigenvalue weighted by Crippen LogP contribution is -2.63. The van der Waals surface area contributed by atoms with E-state index < -0.39 is 39.2 Å². The summed E-state index contributed by atoms with van der Waals surface area (Å²) in [6, 6.07) is 9.34. The van der Waals surface area contributed by atoms with Gasteiger partial charge in [-0.15, -0.1) is 0 Å². The SMILES string of the molecule is COc1ccc(C2=C(OS(=O)(=O)C(F)(F)C(F)(F)C(F)(F)C(F)(F)F)c3ccc(OC)cc3CCC2)cc1. The van der Waals surface area contributed by atoms with Gasteiger partial charge in [0.05, 0.1) is 14.2 Å². The monoisotopic (exact) mass is 578 g/mol. The summed E-state index contributed by atoms with van der Waals surface area (Å²) in [5.74, 6) is -15.2. The molecular formula is C23H19F9O5S. The van der Waals surface area contributed by atoms with Gasteiger partial charge >= 0.3 is 33.4 Å². The molecule has 38 heavy (non-hydrogen) atoms. The van der Waals surface area contributed by atoms with E-state index in [4.69, 9.17) is 9.47 Å². The summed E-state index contributed by atoms with van der Waals surface area (Å²) in [7, 11) is -4.54. The third-order valence-electron chi connectivity index (χ3n) is 5.77. The predicted molar refractivity (Wildman–Crippen MR) is 117 cm³/mol. The van der Waals surface area contributed by atoms with E-state index in [1.807, 2.05) is 0 Å². The van der Waals surface area contributed by atoms with E-state index in [-0.39, 0.29) is 47.3 Å². The van der Waals surface area contributed by atoms with E-state index in [2.05, 4.69) is 4.18 Å². The van der Waals surface area contributed by atoms with Crippen LogP contribution in [0.2, 0.25) is 0 Å². The van der Waals surface area contributed by atoms with Gasteiger partial charge in [-0.1, -0.05) is 12.1 Å². The minimum Gasteiger partial charge on any atom is -0.497 e. The molecule has 0 fully saturated rings. The number of allylic oxidation sites excluding steroid dienone is 1. The van der Waals surface area contributed by atoms with Crippen LogP contribution < -0.4 is 9.47 Å². The minimum atomic E-state index is -7.43. The van der Waals surface area contributed by atoms with Crippen LogP contribution in [0.4, 0.5) is 39.5 Å². The van der Waals surface area contributed by atoms with Crippen LogP contribution in [0.3, 0.4) is 0 Å². The van der Waals surface area contributed by atoms with Crippen LogP contribution >= 0.6 is 0 Å². The second-order valence-electron chi connectivity index (χ2n) is 8.11. The smallest absolute Gasteiger partial charge is 0.460 e. The molecule has 2 aromatic carbocycles. The second kappa shape index (κ2) is 9.89. The molecule has 2 aromatic rings. The summed E-state index contributed by atoms with van der Waals surface area (Å²) in [5.41, 5.74) is 0.116. The topological polar surface area (TPSA) is 61.8 Å². The molecule has 0 heterocycles. The molecule has 0 radical (unpaired) electrons. The molecular weight excluding hydrogens is 559 g/mol. The average molecular weight is 578 g/mol. The number of benzene rings is 2. The van der Waals surface area contributed by atoms with Gasteiger partial charge in [-0.2, -0.15) is 47.9 Å². The number of aryl methyl sites for hydroxylation is 1. The van der Waals surface area contributed by atoms with E-state index in [9.17, 15) is 47.9 Å². The maximum absolute atomic E-state index is 14.5. The first kappa shape index (κ1) is 29.5. The fourth-order valence-corrected chi connectivity index (χ4v) is 4.66. The molecule has 0 bridgehead atoms. The van der Waals surface area contributed by atoms with Crippen molar-refractivity contribution in [1.29, 1.82) is 0 Å². The van der Waals surface area contributed by atoms with Crippen LogP contribution in [0.1, 0.15) is 29.5 Å². The number of hydrogen-bond acceptors (Lipinski definition) is 5. The van der Waals surface area contributed by atoms with E-state index >= 15 is 0 Å². The Kier molecular flexibility index (Phi) is 7.67. The van der Waals surface area contributed by atoms with E-state index in [0.717, 1.165) is 6.07 Å². The number of rotatable bonds is 8. The maximum Gasteiger partial charge on any atom is 0.460 e. The van der Waals surface area contributed by atoms with Crippen molar-refractivity contribution in [3.05, 3.63) is 59.2 Å². The third kappa shape index (κ3) is 4.87. The van der Waals surface area contributed by atoms with E-state index in [0.29, 0.717) is 5.75 Å². The summed E-state index contributed by atoms with van der Waals surface area (Å²) < 4.78 is 161. The van der Waals surface area contributed by atoms with Crippen LogP contribution in [0.5, 0.6) is 11.5 Å². The highest BCUT2D eigenvalue weighted by Crippen LogP contribution is 2.55. The Hall–Kier alpha value is -3.10. The highest BCUT2D eigenvalue weighted by atomic mass is 32.2. The molecule has 0 saturated heterocycles. The van der Waals surface area contributed by atoms with Gasteiger partial charge in [0, 0.05) is 11.1 Å². The Morgan fingerprint density at radius 2 is 1.29 bits per heavy atom. The first-order chi connectivity index (χ1) is 17.4. The zero-order chi connectivity index (χ0) is 28.7. The van der Waals surface area contributed by atoms with Crippen molar-refractivity contribution in [3.63, 3.8) is 0 Å². The van der Waals surface area contributed by atoms with Gasteiger partial charge in [0.2, 0.25) is 0 Å². The van der Waals surface area contributed by atoms with Crippen molar-refractivity contribution < 1.29 is 61.6 Å². The summed E-state index contributed by atoms with van der Waals surface area (Å²) in [6.07, 6.45) is -6.83. The summed E-state index contributed by atoms with van der Waals surface area (Å²) in [4.78, 5) is 0. The first-order valence-corrected chi connectivity index (χ1v) is 12.0. The Bertz CT molecular complexity index is 1320. The highest BCUT2D eigenvalue weighted by molar-refractivity contribution is 7.88. The van der Waals surface area contributed by atoms with Gasteiger partial charge in [-0.25, -0.2) is 0 Å². The Labute approximate surface area is 210 Å². The second-order valence-corrected chi connectivity index (χ2v) is 9.70. The molecule has 0 N–H and O–H groups in total. The van der Waals surface area contributed by atoms with Crippen molar-refractivity contribution >= 4 is 21.5 Å². The first-order valence-electron chi connectivity index (χ1n) is 10.6. The molecule has 15 heteroatoms. The summed E-state index contributed by atoms with van der Waals surface area (Å²) in [5, 5.41) is -7.00. The molecule has 3 rings (SSSR count). The number of fused-ring (bicyclic) bond motifs is 1. The van der Waals surface area contributed by atoms with Crippen LogP contribution in [-0.2, 0) is 20.7 Å². The molecule has 210 valence electrons. The largest absolute Gasteiger partial charge is 0.497 e. The number of methoxy groups -OCH3 is 2. The molecule has 5 nitrogen and oxygen atoms in total. The Balaban J connectivity index is 2.23. The van der Waals surface area contributed by atoms with Crippen molar-refractivity contribution in [3.8, 4) is 11.5 Å². The molecule has 1 aliphatic carbocycles. The fourth-order valence-electron chi connectivity index (χ4n) is 3.70. The number of halogens is 9. The van der Waals surface area contributed by atoms with Gasteiger partial charge in [0.25, 0.3) is 0 Å². The fraction of sp³-hybridized carbons (Fsp3) is 0.391. The average Bonchev–Trinajstić information content (AvgIpc) is 3.01. The van der Waals surface area contributed by atoms with Crippen LogP contribution in [0, 0.1) is 0 Å². The summed E-state index contributed by atoms with van der Waals surface area (Å²) >= 11 is 0. The van der Waals surface area contributed by atoms with E-state index in [1.165, 1.54) is 50.6 Å². The lowest BCUT2D eigenvalue weighted by Gasteiger charge is -2.33. The molecule has 0 amide bonds. The maximum atomic E-state index is 14.5. The van der Waals surface area contributed by atoms with Gasteiger partial charge in [-0.05, 0) is 60.7 Å². The van der Waals surface area contributed by atoms with Crippen molar-refractivity contribution in [2.45, 2.75) is 42.5 Å². The zero-order valence-electron chi connectivity index (χ0n) is 19.5. The van der Waals surface area contributed by atoms with Gasteiger partial charge in [0.1, 0.15) is 11.5 Å². The molecule has 0 aromatic heterocycles. The molecule has 0 unspecified atom stereocenters. The lowest BCUT2D eigenvalue weighted by atomic mass is 9.98. The minimum absolute atomic E-state index is 0.0746. The lowest BCUT2D eigenvalue weighted by molar-refractivity contribution is -0.382. The van der Waals surface area contributed by atoms with Crippen LogP contribution in [0.25, 0.3) is 11.3 Å². The third-order valence-corrected chi connectivity index (χ3v) is 7.04. The van der Waals surface area contributed by atoms with Gasteiger partial charge in [0.15, 0.2) is 5.76 Å². The number of alkyl halides is 9. The Morgan fingerprint density at radius 3 is 1.82 bits per heavy atom. The molecule has 0 atom stereocenters. The summed E-state index contributed by atoms with van der Waals surface area (Å²) in [6.45, 7) is 0. The molecule has 0 spiro atoms. The highest BCUT2D eigenvalue weighted by Gasteiger charge is 2.86. The van der Waals surface area contributed by atoms with Crippen LogP contribution in [0.15, 0.2) is 42.5 Å². The molecule has 1 aliphatic rings. The van der Waals surface area contributed by atoms with Crippen molar-refractivity contribution in [2.75, 3.05) is 14.2 Å². The van der Waals surface area contributed by atoms with Gasteiger partial charge in [-0.3, -0.25) is 0 Å². The molecule has 0 aliphatic heterocycles. The van der Waals surface area contributed by atoms with Crippen molar-refractivity contribution in [2.24, 2.45) is 0 Å². The van der Waals surface area contributed by atoms with E-state index in [1.54, 1.807) is 0 Å². The van der Waals surface area contributed by atoms with Gasteiger partial charge < -0.3 is 13.7 Å².